The highest BCUT2D eigenvalue weighted by molar-refractivity contribution is 6.31. The molecule has 0 radical (unpaired) electrons. The highest BCUT2D eigenvalue weighted by Crippen LogP contribution is 2.27. The van der Waals surface area contributed by atoms with Gasteiger partial charge in [0, 0.05) is 18.1 Å². The van der Waals surface area contributed by atoms with Crippen LogP contribution in [0.25, 0.3) is 0 Å². The topological polar surface area (TPSA) is 41.6 Å². The van der Waals surface area contributed by atoms with Crippen LogP contribution in [0.4, 0.5) is 0 Å². The molecular formula is C16H23ClN2O2. The number of halogens is 1. The molecule has 1 saturated heterocycles. The fourth-order valence-corrected chi connectivity index (χ4v) is 2.84. The first-order valence-electron chi connectivity index (χ1n) is 7.41. The molecule has 1 fully saturated rings. The molecule has 1 unspecified atom stereocenters. The number of hydrogen-bond donors (Lipinski definition) is 1. The third kappa shape index (κ3) is 4.11. The van der Waals surface area contributed by atoms with Gasteiger partial charge in [0.05, 0.1) is 11.7 Å². The summed E-state index contributed by atoms with van der Waals surface area (Å²) in [6.45, 7) is 6.41. The first-order valence-corrected chi connectivity index (χ1v) is 7.79. The lowest BCUT2D eigenvalue weighted by Gasteiger charge is -2.20. The maximum Gasteiger partial charge on any atom is 0.257 e. The van der Waals surface area contributed by atoms with Gasteiger partial charge in [-0.05, 0) is 58.0 Å². The summed E-state index contributed by atoms with van der Waals surface area (Å²) >= 11 is 6.05. The third-order valence-corrected chi connectivity index (χ3v) is 3.84. The summed E-state index contributed by atoms with van der Waals surface area (Å²) < 4.78 is 5.74. The van der Waals surface area contributed by atoms with Gasteiger partial charge in [-0.1, -0.05) is 11.6 Å². The largest absolute Gasteiger partial charge is 0.490 e. The van der Waals surface area contributed by atoms with Crippen molar-refractivity contribution in [2.45, 2.75) is 26.4 Å². The smallest absolute Gasteiger partial charge is 0.257 e. The molecule has 4 nitrogen and oxygen atoms in total. The molecule has 21 heavy (non-hydrogen) atoms. The summed E-state index contributed by atoms with van der Waals surface area (Å²) in [6.07, 6.45) is 1.06. The van der Waals surface area contributed by atoms with Gasteiger partial charge >= 0.3 is 0 Å². The molecule has 1 atom stereocenters. The number of carbonyl (C=O) groups is 1. The standard InChI is InChI=1S/C16H23ClN2O2/c1-11(2)21-15-5-4-13(17)8-14(15)16(20)19-7-6-12(10-19)9-18-3/h4-5,8,11-12,18H,6-7,9-10H2,1-3H3. The van der Waals surface area contributed by atoms with Gasteiger partial charge in [0.15, 0.2) is 0 Å². The molecule has 0 aliphatic carbocycles. The van der Waals surface area contributed by atoms with Crippen LogP contribution in [-0.2, 0) is 0 Å². The Hall–Kier alpha value is -1.26. The molecular weight excluding hydrogens is 288 g/mol. The minimum absolute atomic E-state index is 0.00625. The van der Waals surface area contributed by atoms with Crippen LogP contribution < -0.4 is 10.1 Å². The van der Waals surface area contributed by atoms with E-state index in [0.717, 1.165) is 26.1 Å². The van der Waals surface area contributed by atoms with Crippen molar-refractivity contribution in [1.82, 2.24) is 10.2 Å². The number of nitrogens with one attached hydrogen (secondary N) is 1. The second-order valence-corrected chi connectivity index (χ2v) is 6.21. The monoisotopic (exact) mass is 310 g/mol. The summed E-state index contributed by atoms with van der Waals surface area (Å²) in [6, 6.07) is 5.23. The number of likely N-dealkylation sites (tertiary alicyclic amines) is 1. The number of amides is 1. The van der Waals surface area contributed by atoms with E-state index in [2.05, 4.69) is 5.32 Å². The summed E-state index contributed by atoms with van der Waals surface area (Å²) in [5.41, 5.74) is 0.557. The van der Waals surface area contributed by atoms with Crippen molar-refractivity contribution < 1.29 is 9.53 Å². The SMILES string of the molecule is CNCC1CCN(C(=O)c2cc(Cl)ccc2OC(C)C)C1. The first kappa shape index (κ1) is 16.1. The maximum absolute atomic E-state index is 12.7. The van der Waals surface area contributed by atoms with Crippen molar-refractivity contribution in [3.05, 3.63) is 28.8 Å². The Morgan fingerprint density at radius 2 is 2.29 bits per heavy atom. The van der Waals surface area contributed by atoms with Crippen LogP contribution in [-0.4, -0.2) is 43.6 Å². The second kappa shape index (κ2) is 7.14. The van der Waals surface area contributed by atoms with Crippen LogP contribution >= 0.6 is 11.6 Å². The first-order chi connectivity index (χ1) is 10.0. The van der Waals surface area contributed by atoms with Crippen LogP contribution in [0.1, 0.15) is 30.6 Å². The van der Waals surface area contributed by atoms with Gasteiger partial charge in [0.25, 0.3) is 5.91 Å². The van der Waals surface area contributed by atoms with Crippen molar-refractivity contribution in [1.29, 1.82) is 0 Å². The van der Waals surface area contributed by atoms with Crippen LogP contribution in [0, 0.1) is 5.92 Å². The predicted molar refractivity (Wildman–Crippen MR) is 85.2 cm³/mol. The number of ether oxygens (including phenoxy) is 1. The van der Waals surface area contributed by atoms with E-state index in [-0.39, 0.29) is 12.0 Å². The molecule has 2 rings (SSSR count). The van der Waals surface area contributed by atoms with Gasteiger partial charge in [0.1, 0.15) is 5.75 Å². The minimum atomic E-state index is 0.00625. The van der Waals surface area contributed by atoms with E-state index in [1.807, 2.05) is 25.8 Å². The molecule has 1 aromatic rings. The average molecular weight is 311 g/mol. The molecule has 0 saturated carbocycles. The molecule has 0 bridgehead atoms. The third-order valence-electron chi connectivity index (χ3n) is 3.60. The molecule has 1 amide bonds. The Bertz CT molecular complexity index is 505. The van der Waals surface area contributed by atoms with Gasteiger partial charge < -0.3 is 15.0 Å². The average Bonchev–Trinajstić information content (AvgIpc) is 2.88. The van der Waals surface area contributed by atoms with Crippen LogP contribution in [0.15, 0.2) is 18.2 Å². The maximum atomic E-state index is 12.7. The van der Waals surface area contributed by atoms with Crippen molar-refractivity contribution in [3.63, 3.8) is 0 Å². The van der Waals surface area contributed by atoms with Gasteiger partial charge in [0.2, 0.25) is 0 Å². The molecule has 116 valence electrons. The zero-order chi connectivity index (χ0) is 15.4. The van der Waals surface area contributed by atoms with Crippen molar-refractivity contribution in [2.75, 3.05) is 26.7 Å². The van der Waals surface area contributed by atoms with Crippen LogP contribution in [0.2, 0.25) is 5.02 Å². The fraction of sp³-hybridized carbons (Fsp3) is 0.562. The van der Waals surface area contributed by atoms with E-state index in [1.165, 1.54) is 0 Å². The van der Waals surface area contributed by atoms with E-state index < -0.39 is 0 Å². The number of rotatable bonds is 5. The van der Waals surface area contributed by atoms with Crippen LogP contribution in [0.3, 0.4) is 0 Å². The lowest BCUT2D eigenvalue weighted by Crippen LogP contribution is -2.30. The summed E-state index contributed by atoms with van der Waals surface area (Å²) in [4.78, 5) is 14.6. The van der Waals surface area contributed by atoms with E-state index in [4.69, 9.17) is 16.3 Å². The Labute approximate surface area is 131 Å². The Morgan fingerprint density at radius 1 is 1.52 bits per heavy atom. The molecule has 1 heterocycles. The van der Waals surface area contributed by atoms with Crippen molar-refractivity contribution in [2.24, 2.45) is 5.92 Å². The summed E-state index contributed by atoms with van der Waals surface area (Å²) in [5.74, 6) is 1.14. The predicted octanol–water partition coefficient (Wildman–Crippen LogP) is 2.81. The second-order valence-electron chi connectivity index (χ2n) is 5.77. The zero-order valence-electron chi connectivity index (χ0n) is 12.9. The number of carbonyl (C=O) groups excluding carboxylic acids is 1. The lowest BCUT2D eigenvalue weighted by atomic mass is 10.1. The van der Waals surface area contributed by atoms with Gasteiger partial charge in [-0.25, -0.2) is 0 Å². The highest BCUT2D eigenvalue weighted by Gasteiger charge is 2.28. The summed E-state index contributed by atoms with van der Waals surface area (Å²) in [7, 11) is 1.94. The van der Waals surface area contributed by atoms with Crippen molar-refractivity contribution in [3.8, 4) is 5.75 Å². The van der Waals surface area contributed by atoms with E-state index in [0.29, 0.717) is 22.3 Å². The van der Waals surface area contributed by atoms with Gasteiger partial charge in [-0.15, -0.1) is 0 Å². The Kier molecular flexibility index (Phi) is 5.48. The van der Waals surface area contributed by atoms with Gasteiger partial charge in [-0.2, -0.15) is 0 Å². The molecule has 1 aliphatic heterocycles. The van der Waals surface area contributed by atoms with E-state index in [9.17, 15) is 4.79 Å². The number of nitrogens with zero attached hydrogens (tertiary/aromatic N) is 1. The van der Waals surface area contributed by atoms with Gasteiger partial charge in [-0.3, -0.25) is 4.79 Å². The number of hydrogen-bond acceptors (Lipinski definition) is 3. The molecule has 1 aliphatic rings. The normalized spacial score (nSPS) is 18.3. The molecule has 0 spiro atoms. The van der Waals surface area contributed by atoms with E-state index >= 15 is 0 Å². The van der Waals surface area contributed by atoms with Crippen LogP contribution in [0.5, 0.6) is 5.75 Å². The Morgan fingerprint density at radius 3 is 2.95 bits per heavy atom. The quantitative estimate of drug-likeness (QED) is 0.909. The molecule has 1 N–H and O–H groups in total. The molecule has 5 heteroatoms. The minimum Gasteiger partial charge on any atom is -0.490 e. The molecule has 0 aromatic heterocycles. The number of benzene rings is 1. The van der Waals surface area contributed by atoms with Crippen molar-refractivity contribution >= 4 is 17.5 Å². The molecule has 1 aromatic carbocycles. The Balaban J connectivity index is 2.16. The van der Waals surface area contributed by atoms with E-state index in [1.54, 1.807) is 18.2 Å². The highest BCUT2D eigenvalue weighted by atomic mass is 35.5. The lowest BCUT2D eigenvalue weighted by molar-refractivity contribution is 0.0781. The zero-order valence-corrected chi connectivity index (χ0v) is 13.6. The fourth-order valence-electron chi connectivity index (χ4n) is 2.67. The summed E-state index contributed by atoms with van der Waals surface area (Å²) in [5, 5.41) is 3.73.